The Bertz CT molecular complexity index is 1180. The summed E-state index contributed by atoms with van der Waals surface area (Å²) in [7, 11) is 0. The highest BCUT2D eigenvalue weighted by atomic mass is 16.5. The Labute approximate surface area is 200 Å². The van der Waals surface area contributed by atoms with Crippen LogP contribution in [-0.4, -0.2) is 40.9 Å². The Morgan fingerprint density at radius 3 is 2.32 bits per heavy atom. The highest BCUT2D eigenvalue weighted by molar-refractivity contribution is 5.95. The van der Waals surface area contributed by atoms with Gasteiger partial charge in [-0.2, -0.15) is 0 Å². The zero-order chi connectivity index (χ0) is 23.7. The molecule has 2 aliphatic rings. The van der Waals surface area contributed by atoms with Crippen molar-refractivity contribution in [1.29, 1.82) is 0 Å². The number of ether oxygens (including phenoxy) is 2. The van der Waals surface area contributed by atoms with Crippen molar-refractivity contribution in [1.82, 2.24) is 4.90 Å². The molecule has 2 aliphatic heterocycles. The van der Waals surface area contributed by atoms with E-state index < -0.39 is 0 Å². The fourth-order valence-corrected chi connectivity index (χ4v) is 4.93. The third-order valence-corrected chi connectivity index (χ3v) is 6.90. The average Bonchev–Trinajstić information content (AvgIpc) is 3.39. The minimum Gasteiger partial charge on any atom is -0.508 e. The molecule has 5 rings (SSSR count). The molecule has 3 aromatic carbocycles. The van der Waals surface area contributed by atoms with Gasteiger partial charge in [0.05, 0.1) is 0 Å². The van der Waals surface area contributed by atoms with Crippen LogP contribution in [0.3, 0.4) is 0 Å². The van der Waals surface area contributed by atoms with Crippen molar-refractivity contribution in [2.45, 2.75) is 38.8 Å². The molecule has 0 amide bonds. The molecule has 1 fully saturated rings. The number of aromatic hydroxyl groups is 2. The number of hydrogen-bond donors (Lipinski definition) is 2. The standard InChI is InChI=1S/C29H31NO4/c1-19(30-15-3-4-16-30)18-33-25-12-7-22(8-13-25)29-28(21-5-9-23(31)10-6-21)20(2)26-14-11-24(32)17-27(26)34-29/h5-14,17,19,29,31-32H,3-4,15-16,18H2,1-2H3. The molecule has 34 heavy (non-hydrogen) atoms. The van der Waals surface area contributed by atoms with Gasteiger partial charge in [0.2, 0.25) is 0 Å². The van der Waals surface area contributed by atoms with Crippen molar-refractivity contribution in [2.24, 2.45) is 0 Å². The average molecular weight is 458 g/mol. The van der Waals surface area contributed by atoms with Gasteiger partial charge < -0.3 is 19.7 Å². The fourth-order valence-electron chi connectivity index (χ4n) is 4.93. The van der Waals surface area contributed by atoms with Crippen LogP contribution in [0.1, 0.15) is 49.5 Å². The van der Waals surface area contributed by atoms with Gasteiger partial charge >= 0.3 is 0 Å². The van der Waals surface area contributed by atoms with Crippen LogP contribution in [0, 0.1) is 0 Å². The van der Waals surface area contributed by atoms with Gasteiger partial charge in [0.25, 0.3) is 0 Å². The Morgan fingerprint density at radius 2 is 1.62 bits per heavy atom. The van der Waals surface area contributed by atoms with Crippen molar-refractivity contribution >= 4 is 11.1 Å². The molecule has 5 heteroatoms. The van der Waals surface area contributed by atoms with E-state index >= 15 is 0 Å². The second-order valence-corrected chi connectivity index (χ2v) is 9.24. The molecule has 2 unspecified atom stereocenters. The molecular weight excluding hydrogens is 426 g/mol. The van der Waals surface area contributed by atoms with Crippen LogP contribution in [0.15, 0.2) is 66.7 Å². The van der Waals surface area contributed by atoms with E-state index in [0.29, 0.717) is 18.4 Å². The zero-order valence-electron chi connectivity index (χ0n) is 19.7. The van der Waals surface area contributed by atoms with E-state index in [-0.39, 0.29) is 17.6 Å². The van der Waals surface area contributed by atoms with Gasteiger partial charge in [-0.05, 0) is 92.9 Å². The van der Waals surface area contributed by atoms with Gasteiger partial charge in [-0.1, -0.05) is 24.3 Å². The second kappa shape index (κ2) is 9.43. The van der Waals surface area contributed by atoms with Crippen LogP contribution < -0.4 is 9.47 Å². The second-order valence-electron chi connectivity index (χ2n) is 9.24. The normalized spacial score (nSPS) is 18.9. The van der Waals surface area contributed by atoms with Crippen molar-refractivity contribution < 1.29 is 19.7 Å². The third kappa shape index (κ3) is 4.48. The molecule has 2 atom stereocenters. The Balaban J connectivity index is 1.42. The zero-order valence-corrected chi connectivity index (χ0v) is 19.7. The lowest BCUT2D eigenvalue weighted by Crippen LogP contribution is -2.34. The van der Waals surface area contributed by atoms with Gasteiger partial charge in [0, 0.05) is 23.2 Å². The lowest BCUT2D eigenvalue weighted by atomic mass is 9.86. The van der Waals surface area contributed by atoms with E-state index in [1.54, 1.807) is 24.3 Å². The molecule has 5 nitrogen and oxygen atoms in total. The van der Waals surface area contributed by atoms with E-state index in [4.69, 9.17) is 9.47 Å². The van der Waals surface area contributed by atoms with Crippen LogP contribution in [-0.2, 0) is 0 Å². The number of allylic oxidation sites excluding steroid dienone is 1. The van der Waals surface area contributed by atoms with Crippen LogP contribution in [0.2, 0.25) is 0 Å². The SMILES string of the molecule is CC1=C(c2ccc(O)cc2)C(c2ccc(OCC(C)N3CCCC3)cc2)Oc2cc(O)ccc21. The van der Waals surface area contributed by atoms with Gasteiger partial charge in [-0.3, -0.25) is 4.90 Å². The molecular formula is C29H31NO4. The van der Waals surface area contributed by atoms with Crippen LogP contribution in [0.4, 0.5) is 0 Å². The largest absolute Gasteiger partial charge is 0.508 e. The summed E-state index contributed by atoms with van der Waals surface area (Å²) in [6, 6.07) is 20.9. The maximum absolute atomic E-state index is 10.0. The van der Waals surface area contributed by atoms with Crippen LogP contribution in [0.5, 0.6) is 23.0 Å². The quantitative estimate of drug-likeness (QED) is 0.474. The van der Waals surface area contributed by atoms with Crippen LogP contribution in [0.25, 0.3) is 11.1 Å². The van der Waals surface area contributed by atoms with E-state index in [1.807, 2.05) is 42.5 Å². The van der Waals surface area contributed by atoms with Crippen molar-refractivity contribution in [3.63, 3.8) is 0 Å². The summed E-state index contributed by atoms with van der Waals surface area (Å²) in [5, 5.41) is 19.8. The third-order valence-electron chi connectivity index (χ3n) is 6.90. The van der Waals surface area contributed by atoms with E-state index in [0.717, 1.165) is 46.7 Å². The van der Waals surface area contributed by atoms with Gasteiger partial charge in [-0.25, -0.2) is 0 Å². The highest BCUT2D eigenvalue weighted by Crippen LogP contribution is 2.47. The minimum atomic E-state index is -0.351. The van der Waals surface area contributed by atoms with Crippen molar-refractivity contribution in [2.75, 3.05) is 19.7 Å². The Kier molecular flexibility index (Phi) is 6.20. The molecule has 0 saturated carbocycles. The van der Waals surface area contributed by atoms with Gasteiger partial charge in [-0.15, -0.1) is 0 Å². The first-order valence-electron chi connectivity index (χ1n) is 12.0. The molecule has 2 N–H and O–H groups in total. The fraction of sp³-hybridized carbons (Fsp3) is 0.310. The summed E-state index contributed by atoms with van der Waals surface area (Å²) in [6.07, 6.45) is 2.20. The first kappa shape index (κ1) is 22.4. The van der Waals surface area contributed by atoms with E-state index in [2.05, 4.69) is 18.7 Å². The first-order valence-corrected chi connectivity index (χ1v) is 12.0. The molecule has 0 radical (unpaired) electrons. The minimum absolute atomic E-state index is 0.175. The number of likely N-dealkylation sites (tertiary alicyclic amines) is 1. The monoisotopic (exact) mass is 457 g/mol. The lowest BCUT2D eigenvalue weighted by Gasteiger charge is -2.31. The number of rotatable bonds is 6. The predicted octanol–water partition coefficient (Wildman–Crippen LogP) is 6.03. The van der Waals surface area contributed by atoms with E-state index in [9.17, 15) is 10.2 Å². The van der Waals surface area contributed by atoms with Gasteiger partial charge in [0.1, 0.15) is 35.7 Å². The maximum atomic E-state index is 10.0. The predicted molar refractivity (Wildman–Crippen MR) is 134 cm³/mol. The number of phenols is 2. The summed E-state index contributed by atoms with van der Waals surface area (Å²) in [6.45, 7) is 7.28. The Morgan fingerprint density at radius 1 is 0.941 bits per heavy atom. The molecule has 1 saturated heterocycles. The summed E-state index contributed by atoms with van der Waals surface area (Å²) in [5.41, 5.74) is 5.05. The molecule has 0 aromatic heterocycles. The van der Waals surface area contributed by atoms with Crippen LogP contribution >= 0.6 is 0 Å². The number of nitrogens with zero attached hydrogens (tertiary/aromatic N) is 1. The number of benzene rings is 3. The molecule has 0 spiro atoms. The molecule has 0 aliphatic carbocycles. The molecule has 176 valence electrons. The lowest BCUT2D eigenvalue weighted by molar-refractivity contribution is 0.172. The Hall–Kier alpha value is -3.44. The van der Waals surface area contributed by atoms with E-state index in [1.165, 1.54) is 12.8 Å². The van der Waals surface area contributed by atoms with Crippen molar-refractivity contribution in [3.8, 4) is 23.0 Å². The molecule has 0 bridgehead atoms. The summed E-state index contributed by atoms with van der Waals surface area (Å²) < 4.78 is 12.5. The van der Waals surface area contributed by atoms with Gasteiger partial charge in [0.15, 0.2) is 0 Å². The number of phenolic OH excluding ortho intramolecular Hbond substituents is 2. The number of fused-ring (bicyclic) bond motifs is 1. The highest BCUT2D eigenvalue weighted by Gasteiger charge is 2.29. The topological polar surface area (TPSA) is 62.2 Å². The molecule has 2 heterocycles. The summed E-state index contributed by atoms with van der Waals surface area (Å²) in [5.74, 6) is 1.90. The summed E-state index contributed by atoms with van der Waals surface area (Å²) >= 11 is 0. The smallest absolute Gasteiger partial charge is 0.150 e. The number of hydrogen-bond acceptors (Lipinski definition) is 5. The van der Waals surface area contributed by atoms with Crippen molar-refractivity contribution in [3.05, 3.63) is 83.4 Å². The first-order chi connectivity index (χ1) is 16.5. The maximum Gasteiger partial charge on any atom is 0.150 e. The molecule has 3 aromatic rings. The summed E-state index contributed by atoms with van der Waals surface area (Å²) in [4.78, 5) is 2.48.